The average molecular weight is 229 g/mol. The highest BCUT2D eigenvalue weighted by molar-refractivity contribution is 5.91. The molecular formula is C10H15NO5. The molecule has 1 amide bonds. The van der Waals surface area contributed by atoms with Gasteiger partial charge in [-0.2, -0.15) is 0 Å². The first-order chi connectivity index (χ1) is 7.56. The molecule has 6 nitrogen and oxygen atoms in total. The zero-order valence-corrected chi connectivity index (χ0v) is 9.06. The molecule has 0 saturated heterocycles. The van der Waals surface area contributed by atoms with Crippen molar-refractivity contribution in [1.82, 2.24) is 5.32 Å². The zero-order valence-electron chi connectivity index (χ0n) is 9.06. The maximum Gasteiger partial charge on any atom is 0.331 e. The van der Waals surface area contributed by atoms with Gasteiger partial charge in [-0.15, -0.1) is 0 Å². The Balaban J connectivity index is 3.67. The summed E-state index contributed by atoms with van der Waals surface area (Å²) in [5.41, 5.74) is 0. The molecule has 0 aliphatic carbocycles. The molecule has 0 heterocycles. The summed E-state index contributed by atoms with van der Waals surface area (Å²) in [5, 5.41) is 10.8. The predicted molar refractivity (Wildman–Crippen MR) is 55.7 cm³/mol. The minimum atomic E-state index is -1.25. The summed E-state index contributed by atoms with van der Waals surface area (Å²) < 4.78 is 4.48. The van der Waals surface area contributed by atoms with Crippen LogP contribution in [0.3, 0.4) is 0 Å². The molecule has 0 aromatic carbocycles. The van der Waals surface area contributed by atoms with Gasteiger partial charge in [0, 0.05) is 18.7 Å². The number of ether oxygens (including phenoxy) is 1. The Bertz CT molecular complexity index is 285. The summed E-state index contributed by atoms with van der Waals surface area (Å²) in [6, 6.07) is 0. The van der Waals surface area contributed by atoms with Crippen molar-refractivity contribution in [3.05, 3.63) is 12.2 Å². The zero-order chi connectivity index (χ0) is 12.4. The highest BCUT2D eigenvalue weighted by Crippen LogP contribution is 1.85. The van der Waals surface area contributed by atoms with E-state index in [2.05, 4.69) is 10.1 Å². The van der Waals surface area contributed by atoms with E-state index in [1.54, 1.807) is 0 Å². The molecule has 16 heavy (non-hydrogen) atoms. The van der Waals surface area contributed by atoms with Crippen molar-refractivity contribution in [1.29, 1.82) is 0 Å². The number of carboxylic acid groups (broad SMARTS) is 1. The third-order valence-electron chi connectivity index (χ3n) is 1.56. The molecule has 0 saturated carbocycles. The number of carboxylic acids is 1. The maximum absolute atomic E-state index is 11.0. The molecule has 90 valence electrons. The summed E-state index contributed by atoms with van der Waals surface area (Å²) in [5.74, 6) is -2.50. The molecule has 0 aliphatic rings. The number of carbonyl (C=O) groups excluding carboxylic acids is 2. The van der Waals surface area contributed by atoms with E-state index in [0.717, 1.165) is 18.9 Å². The van der Waals surface area contributed by atoms with Crippen molar-refractivity contribution >= 4 is 17.8 Å². The van der Waals surface area contributed by atoms with Crippen molar-refractivity contribution in [2.75, 3.05) is 13.2 Å². The van der Waals surface area contributed by atoms with Crippen LogP contribution in [0.15, 0.2) is 12.2 Å². The topological polar surface area (TPSA) is 92.7 Å². The molecule has 6 heteroatoms. The van der Waals surface area contributed by atoms with Gasteiger partial charge < -0.3 is 15.2 Å². The van der Waals surface area contributed by atoms with Crippen LogP contribution >= 0.6 is 0 Å². The molecule has 0 aromatic rings. The Morgan fingerprint density at radius 2 is 2.00 bits per heavy atom. The molecule has 0 aromatic heterocycles. The number of hydrogen-bond acceptors (Lipinski definition) is 4. The first-order valence-electron chi connectivity index (χ1n) is 4.90. The molecule has 0 unspecified atom stereocenters. The lowest BCUT2D eigenvalue weighted by atomic mass is 10.3. The van der Waals surface area contributed by atoms with Gasteiger partial charge in [0.2, 0.25) is 0 Å². The van der Waals surface area contributed by atoms with Gasteiger partial charge in [0.25, 0.3) is 5.91 Å². The van der Waals surface area contributed by atoms with E-state index >= 15 is 0 Å². The number of carbonyl (C=O) groups is 3. The van der Waals surface area contributed by atoms with Crippen LogP contribution in [0.5, 0.6) is 0 Å². The smallest absolute Gasteiger partial charge is 0.331 e. The summed E-state index contributed by atoms with van der Waals surface area (Å²) in [6.45, 7) is 2.13. The molecule has 0 spiro atoms. The van der Waals surface area contributed by atoms with Crippen LogP contribution in [0.1, 0.15) is 19.8 Å². The number of aliphatic carboxylic acids is 1. The Morgan fingerprint density at radius 1 is 1.31 bits per heavy atom. The van der Waals surface area contributed by atoms with E-state index in [9.17, 15) is 14.4 Å². The second kappa shape index (κ2) is 8.46. The van der Waals surface area contributed by atoms with E-state index in [0.29, 0.717) is 12.6 Å². The summed E-state index contributed by atoms with van der Waals surface area (Å²) in [6.07, 6.45) is 3.22. The molecule has 0 bridgehead atoms. The van der Waals surface area contributed by atoms with Gasteiger partial charge in [-0.25, -0.2) is 9.59 Å². The van der Waals surface area contributed by atoms with Crippen LogP contribution in [0.4, 0.5) is 0 Å². The molecule has 0 fully saturated rings. The highest BCUT2D eigenvalue weighted by Gasteiger charge is 2.04. The van der Waals surface area contributed by atoms with Gasteiger partial charge in [-0.1, -0.05) is 13.3 Å². The number of hydrogen-bond donors (Lipinski definition) is 2. The van der Waals surface area contributed by atoms with Crippen molar-refractivity contribution in [2.24, 2.45) is 0 Å². The van der Waals surface area contributed by atoms with E-state index in [1.165, 1.54) is 0 Å². The van der Waals surface area contributed by atoms with E-state index in [4.69, 9.17) is 5.11 Å². The molecule has 0 radical (unpaired) electrons. The fraction of sp³-hybridized carbons (Fsp3) is 0.500. The van der Waals surface area contributed by atoms with Crippen molar-refractivity contribution < 1.29 is 24.2 Å². The second-order valence-corrected chi connectivity index (χ2v) is 2.98. The normalized spacial score (nSPS) is 10.1. The summed E-state index contributed by atoms with van der Waals surface area (Å²) in [4.78, 5) is 31.9. The summed E-state index contributed by atoms with van der Waals surface area (Å²) >= 11 is 0. The van der Waals surface area contributed by atoms with E-state index in [1.807, 2.05) is 6.92 Å². The van der Waals surface area contributed by atoms with Crippen LogP contribution in [-0.4, -0.2) is 36.1 Å². The minimum absolute atomic E-state index is 0.396. The molecule has 0 aliphatic heterocycles. The van der Waals surface area contributed by atoms with Gasteiger partial charge in [-0.05, 0) is 6.42 Å². The third-order valence-corrected chi connectivity index (χ3v) is 1.56. The highest BCUT2D eigenvalue weighted by atomic mass is 16.5. The van der Waals surface area contributed by atoms with Gasteiger partial charge in [0.1, 0.15) is 0 Å². The van der Waals surface area contributed by atoms with Crippen LogP contribution < -0.4 is 5.32 Å². The lowest BCUT2D eigenvalue weighted by Gasteiger charge is -2.03. The van der Waals surface area contributed by atoms with Crippen LogP contribution in [-0.2, 0) is 19.1 Å². The quantitative estimate of drug-likeness (QED) is 0.366. The number of unbranched alkanes of at least 4 members (excludes halogenated alkanes) is 1. The van der Waals surface area contributed by atoms with Gasteiger partial charge in [-0.3, -0.25) is 4.79 Å². The van der Waals surface area contributed by atoms with Crippen molar-refractivity contribution in [3.63, 3.8) is 0 Å². The van der Waals surface area contributed by atoms with Crippen molar-refractivity contribution in [3.8, 4) is 0 Å². The van der Waals surface area contributed by atoms with E-state index in [-0.39, 0.29) is 0 Å². The SMILES string of the molecule is CCCCNC(=O)COC(=O)/C=C/C(=O)O. The van der Waals surface area contributed by atoms with Crippen LogP contribution in [0.2, 0.25) is 0 Å². The number of esters is 1. The van der Waals surface area contributed by atoms with Gasteiger partial charge >= 0.3 is 11.9 Å². The Hall–Kier alpha value is -1.85. The van der Waals surface area contributed by atoms with E-state index < -0.39 is 24.5 Å². The Morgan fingerprint density at radius 3 is 2.56 bits per heavy atom. The lowest BCUT2D eigenvalue weighted by molar-refractivity contribution is -0.144. The number of amides is 1. The van der Waals surface area contributed by atoms with Crippen LogP contribution in [0, 0.1) is 0 Å². The Kier molecular flexibility index (Phi) is 7.48. The van der Waals surface area contributed by atoms with Gasteiger partial charge in [0.15, 0.2) is 6.61 Å². The first kappa shape index (κ1) is 14.2. The molecular weight excluding hydrogens is 214 g/mol. The minimum Gasteiger partial charge on any atom is -0.478 e. The summed E-state index contributed by atoms with van der Waals surface area (Å²) in [7, 11) is 0. The number of nitrogens with one attached hydrogen (secondary N) is 1. The predicted octanol–water partition coefficient (Wildman–Crippen LogP) is 0.0867. The lowest BCUT2D eigenvalue weighted by Crippen LogP contribution is -2.29. The monoisotopic (exact) mass is 229 g/mol. The molecule has 2 N–H and O–H groups in total. The van der Waals surface area contributed by atoms with Gasteiger partial charge in [0.05, 0.1) is 0 Å². The maximum atomic E-state index is 11.0. The largest absolute Gasteiger partial charge is 0.478 e. The first-order valence-corrected chi connectivity index (χ1v) is 4.90. The standard InChI is InChI=1S/C10H15NO5/c1-2-3-6-11-8(12)7-16-10(15)5-4-9(13)14/h4-5H,2-3,6-7H2,1H3,(H,11,12)(H,13,14)/b5-4+. The average Bonchev–Trinajstić information content (AvgIpc) is 2.24. The molecule has 0 atom stereocenters. The van der Waals surface area contributed by atoms with Crippen LogP contribution in [0.25, 0.3) is 0 Å². The van der Waals surface area contributed by atoms with Crippen molar-refractivity contribution in [2.45, 2.75) is 19.8 Å². The Labute approximate surface area is 93.3 Å². The fourth-order valence-corrected chi connectivity index (χ4v) is 0.780. The molecule has 0 rings (SSSR count). The number of rotatable bonds is 7. The second-order valence-electron chi connectivity index (χ2n) is 2.98. The third kappa shape index (κ3) is 8.74. The fourth-order valence-electron chi connectivity index (χ4n) is 0.780.